The van der Waals surface area contributed by atoms with Crippen LogP contribution in [0.25, 0.3) is 0 Å². The van der Waals surface area contributed by atoms with Crippen molar-refractivity contribution in [2.45, 2.75) is 52.0 Å². The van der Waals surface area contributed by atoms with E-state index in [4.69, 9.17) is 28.9 Å². The van der Waals surface area contributed by atoms with Gasteiger partial charge in [0.25, 0.3) is 0 Å². The highest BCUT2D eigenvalue weighted by Gasteiger charge is 2.27. The summed E-state index contributed by atoms with van der Waals surface area (Å²) in [6, 6.07) is 13.9. The number of carbonyl (C=O) groups excluding carboxylic acids is 3. The number of amides is 2. The molecule has 172 valence electrons. The maximum Gasteiger partial charge on any atom is 0.240 e. The average molecular weight is 477 g/mol. The summed E-state index contributed by atoms with van der Waals surface area (Å²) in [6.45, 7) is 3.98. The number of hydrogen-bond donors (Lipinski definition) is 2. The zero-order valence-electron chi connectivity index (χ0n) is 18.4. The van der Waals surface area contributed by atoms with Crippen molar-refractivity contribution in [1.29, 1.82) is 0 Å². The van der Waals surface area contributed by atoms with Gasteiger partial charge in [0.15, 0.2) is 0 Å². The number of nitrogens with two attached hydrogens (primary N) is 1. The first-order valence-electron chi connectivity index (χ1n) is 10.7. The fourth-order valence-electron chi connectivity index (χ4n) is 3.61. The van der Waals surface area contributed by atoms with E-state index in [0.29, 0.717) is 29.3 Å². The third kappa shape index (κ3) is 8.64. The molecular weight excluding hydrogens is 447 g/mol. The van der Waals surface area contributed by atoms with Crippen LogP contribution in [0.4, 0.5) is 0 Å². The van der Waals surface area contributed by atoms with E-state index >= 15 is 0 Å². The summed E-state index contributed by atoms with van der Waals surface area (Å²) in [7, 11) is 0. The summed E-state index contributed by atoms with van der Waals surface area (Å²) in [5.74, 6) is -1.31. The molecule has 0 radical (unpaired) electrons. The molecule has 2 aromatic carbocycles. The third-order valence-electron chi connectivity index (χ3n) is 5.21. The van der Waals surface area contributed by atoms with Gasteiger partial charge in [-0.3, -0.25) is 14.4 Å². The molecule has 0 spiro atoms. The summed E-state index contributed by atoms with van der Waals surface area (Å²) >= 11 is 12.0. The Kier molecular flexibility index (Phi) is 10.2. The fraction of sp³-hybridized carbons (Fsp3) is 0.400. The molecule has 2 unspecified atom stereocenters. The van der Waals surface area contributed by atoms with E-state index in [1.807, 2.05) is 44.2 Å². The van der Waals surface area contributed by atoms with Gasteiger partial charge in [-0.15, -0.1) is 0 Å². The maximum atomic E-state index is 13.0. The van der Waals surface area contributed by atoms with Crippen LogP contribution < -0.4 is 11.1 Å². The molecule has 0 aromatic heterocycles. The molecule has 2 aromatic rings. The van der Waals surface area contributed by atoms with Gasteiger partial charge < -0.3 is 11.1 Å². The quantitative estimate of drug-likeness (QED) is 0.462. The van der Waals surface area contributed by atoms with Crippen LogP contribution in [-0.2, 0) is 27.2 Å². The molecule has 0 aliphatic rings. The molecule has 2 rings (SSSR count). The first-order valence-corrected chi connectivity index (χ1v) is 11.5. The van der Waals surface area contributed by atoms with E-state index in [1.165, 1.54) is 0 Å². The normalized spacial score (nSPS) is 12.9. The Morgan fingerprint density at radius 2 is 1.66 bits per heavy atom. The van der Waals surface area contributed by atoms with Crippen LogP contribution in [-0.4, -0.2) is 23.6 Å². The minimum Gasteiger partial charge on any atom is -0.368 e. The number of hydrogen-bond acceptors (Lipinski definition) is 3. The van der Waals surface area contributed by atoms with Crippen LogP contribution >= 0.6 is 23.2 Å². The van der Waals surface area contributed by atoms with Gasteiger partial charge >= 0.3 is 0 Å². The molecule has 0 aliphatic carbocycles. The van der Waals surface area contributed by atoms with Gasteiger partial charge in [0.1, 0.15) is 11.8 Å². The van der Waals surface area contributed by atoms with Crippen molar-refractivity contribution >= 4 is 40.8 Å². The highest BCUT2D eigenvalue weighted by molar-refractivity contribution is 6.42. The molecule has 2 atom stereocenters. The van der Waals surface area contributed by atoms with Gasteiger partial charge in [0, 0.05) is 18.8 Å². The van der Waals surface area contributed by atoms with Gasteiger partial charge in [-0.05, 0) is 48.4 Å². The van der Waals surface area contributed by atoms with E-state index in [0.717, 1.165) is 11.1 Å². The van der Waals surface area contributed by atoms with Crippen LogP contribution in [0.2, 0.25) is 10.0 Å². The van der Waals surface area contributed by atoms with E-state index in [9.17, 15) is 14.4 Å². The Hall–Kier alpha value is -2.37. The van der Waals surface area contributed by atoms with Gasteiger partial charge in [-0.1, -0.05) is 73.4 Å². The summed E-state index contributed by atoms with van der Waals surface area (Å²) in [5, 5.41) is 3.58. The average Bonchev–Trinajstić information content (AvgIpc) is 2.73. The molecule has 0 heterocycles. The summed E-state index contributed by atoms with van der Waals surface area (Å²) < 4.78 is 0. The lowest BCUT2D eigenvalue weighted by Crippen LogP contribution is -2.47. The highest BCUT2D eigenvalue weighted by Crippen LogP contribution is 2.24. The summed E-state index contributed by atoms with van der Waals surface area (Å²) in [6.07, 6.45) is 1.78. The predicted molar refractivity (Wildman–Crippen MR) is 129 cm³/mol. The Balaban J connectivity index is 2.01. The van der Waals surface area contributed by atoms with E-state index in [1.54, 1.807) is 18.2 Å². The van der Waals surface area contributed by atoms with Gasteiger partial charge in [-0.25, -0.2) is 0 Å². The number of aryl methyl sites for hydroxylation is 1. The van der Waals surface area contributed by atoms with Crippen LogP contribution in [0, 0.1) is 11.8 Å². The van der Waals surface area contributed by atoms with Gasteiger partial charge in [0.2, 0.25) is 11.8 Å². The topological polar surface area (TPSA) is 89.3 Å². The van der Waals surface area contributed by atoms with Gasteiger partial charge in [0.05, 0.1) is 10.0 Å². The van der Waals surface area contributed by atoms with E-state index < -0.39 is 17.9 Å². The second kappa shape index (κ2) is 12.6. The Morgan fingerprint density at radius 1 is 0.969 bits per heavy atom. The lowest BCUT2D eigenvalue weighted by molar-refractivity contribution is -0.132. The zero-order chi connectivity index (χ0) is 23.7. The molecular formula is C25H30Cl2N2O3. The zero-order valence-corrected chi connectivity index (χ0v) is 20.0. The number of rotatable bonds is 12. The van der Waals surface area contributed by atoms with Crippen molar-refractivity contribution in [1.82, 2.24) is 5.32 Å². The van der Waals surface area contributed by atoms with Crippen molar-refractivity contribution in [3.63, 3.8) is 0 Å². The third-order valence-corrected chi connectivity index (χ3v) is 5.95. The molecule has 2 amide bonds. The Labute approximate surface area is 199 Å². The molecule has 32 heavy (non-hydrogen) atoms. The number of halogens is 2. The first-order chi connectivity index (χ1) is 15.2. The van der Waals surface area contributed by atoms with Crippen molar-refractivity contribution < 1.29 is 14.4 Å². The molecule has 0 aliphatic heterocycles. The molecule has 0 bridgehead atoms. The number of carbonyl (C=O) groups is 3. The van der Waals surface area contributed by atoms with Crippen molar-refractivity contribution in [3.8, 4) is 0 Å². The monoisotopic (exact) mass is 476 g/mol. The van der Waals surface area contributed by atoms with Crippen LogP contribution in [0.15, 0.2) is 48.5 Å². The summed E-state index contributed by atoms with van der Waals surface area (Å²) in [4.78, 5) is 37.6. The predicted octanol–water partition coefficient (Wildman–Crippen LogP) is 4.76. The Bertz CT molecular complexity index is 932. The molecule has 5 nitrogen and oxygen atoms in total. The molecule has 0 saturated carbocycles. The van der Waals surface area contributed by atoms with E-state index in [2.05, 4.69) is 5.32 Å². The van der Waals surface area contributed by atoms with Crippen molar-refractivity contribution in [2.24, 2.45) is 17.6 Å². The maximum absolute atomic E-state index is 13.0. The lowest BCUT2D eigenvalue weighted by Gasteiger charge is -2.22. The minimum absolute atomic E-state index is 0.0778. The van der Waals surface area contributed by atoms with Crippen molar-refractivity contribution in [2.75, 3.05) is 0 Å². The molecule has 7 heteroatoms. The smallest absolute Gasteiger partial charge is 0.240 e. The Morgan fingerprint density at radius 3 is 2.25 bits per heavy atom. The fourth-order valence-corrected chi connectivity index (χ4v) is 3.93. The van der Waals surface area contributed by atoms with Crippen molar-refractivity contribution in [3.05, 3.63) is 69.7 Å². The lowest BCUT2D eigenvalue weighted by atomic mass is 9.89. The largest absolute Gasteiger partial charge is 0.368 e. The number of benzene rings is 2. The van der Waals surface area contributed by atoms with Crippen LogP contribution in [0.1, 0.15) is 44.2 Å². The van der Waals surface area contributed by atoms with E-state index in [-0.39, 0.29) is 30.4 Å². The molecule has 3 N–H and O–H groups in total. The first kappa shape index (κ1) is 25.9. The molecule has 0 saturated heterocycles. The number of ketones is 1. The van der Waals surface area contributed by atoms with Crippen LogP contribution in [0.3, 0.4) is 0 Å². The van der Waals surface area contributed by atoms with Crippen LogP contribution in [0.5, 0.6) is 0 Å². The molecule has 0 fully saturated rings. The second-order valence-electron chi connectivity index (χ2n) is 8.48. The number of Topliss-reactive ketones (excluding diaryl/α,β-unsaturated/α-hetero) is 1. The SMILES string of the molecule is CC(C)CC(CC(=O)Cc1ccc(Cl)c(Cl)c1)C(=O)NC(CCc1ccccc1)C(N)=O. The standard InChI is InChI=1S/C25H30Cl2N2O3/c1-16(2)12-19(15-20(30)13-18-8-10-21(26)22(27)14-18)25(32)29-23(24(28)31)11-9-17-6-4-3-5-7-17/h3-8,10,14,16,19,23H,9,11-13,15H2,1-2H3,(H2,28,31)(H,29,32). The van der Waals surface area contributed by atoms with Gasteiger partial charge in [-0.2, -0.15) is 0 Å². The highest BCUT2D eigenvalue weighted by atomic mass is 35.5. The second-order valence-corrected chi connectivity index (χ2v) is 9.30. The number of primary amides is 1. The summed E-state index contributed by atoms with van der Waals surface area (Å²) in [5.41, 5.74) is 7.34. The minimum atomic E-state index is -0.789. The number of nitrogens with one attached hydrogen (secondary N) is 1.